The van der Waals surface area contributed by atoms with Gasteiger partial charge in [0.2, 0.25) is 0 Å². The highest BCUT2D eigenvalue weighted by atomic mass is 16.4. The van der Waals surface area contributed by atoms with Gasteiger partial charge in [-0.05, 0) is 23.2 Å². The van der Waals surface area contributed by atoms with Crippen LogP contribution in [0.3, 0.4) is 0 Å². The topological polar surface area (TPSA) is 53.4 Å². The van der Waals surface area contributed by atoms with Crippen molar-refractivity contribution in [2.45, 2.75) is 0 Å². The predicted octanol–water partition coefficient (Wildman–Crippen LogP) is 0.0474. The molecule has 0 aliphatic carbocycles. The SMILES string of the molecule is C=Cc1nccc(B(O)O)c1C=C. The molecule has 2 N–H and O–H groups in total. The normalized spacial score (nSPS) is 9.38. The van der Waals surface area contributed by atoms with Crippen molar-refractivity contribution in [1.29, 1.82) is 0 Å². The first-order valence-corrected chi connectivity index (χ1v) is 3.80. The van der Waals surface area contributed by atoms with Crippen molar-refractivity contribution in [3.8, 4) is 0 Å². The molecule has 0 aromatic carbocycles. The molecule has 66 valence electrons. The maximum atomic E-state index is 9.00. The third-order valence-corrected chi connectivity index (χ3v) is 1.73. The molecule has 4 heteroatoms. The van der Waals surface area contributed by atoms with Gasteiger partial charge in [0.05, 0.1) is 5.69 Å². The van der Waals surface area contributed by atoms with Crippen LogP contribution in [0, 0.1) is 0 Å². The third kappa shape index (κ3) is 1.85. The quantitative estimate of drug-likeness (QED) is 0.638. The van der Waals surface area contributed by atoms with E-state index in [1.54, 1.807) is 6.08 Å². The highest BCUT2D eigenvalue weighted by Gasteiger charge is 2.15. The predicted molar refractivity (Wildman–Crippen MR) is 54.2 cm³/mol. The van der Waals surface area contributed by atoms with Crippen molar-refractivity contribution in [1.82, 2.24) is 4.98 Å². The Morgan fingerprint density at radius 1 is 1.31 bits per heavy atom. The van der Waals surface area contributed by atoms with Gasteiger partial charge in [0.15, 0.2) is 0 Å². The number of nitrogens with zero attached hydrogens (tertiary/aromatic N) is 1. The Bertz CT molecular complexity index is 336. The molecule has 0 bridgehead atoms. The monoisotopic (exact) mass is 175 g/mol. The highest BCUT2D eigenvalue weighted by Crippen LogP contribution is 2.06. The Morgan fingerprint density at radius 3 is 2.46 bits per heavy atom. The van der Waals surface area contributed by atoms with Gasteiger partial charge >= 0.3 is 7.12 Å². The van der Waals surface area contributed by atoms with Gasteiger partial charge in [0, 0.05) is 6.20 Å². The summed E-state index contributed by atoms with van der Waals surface area (Å²) >= 11 is 0. The minimum atomic E-state index is -1.50. The zero-order valence-corrected chi connectivity index (χ0v) is 7.14. The van der Waals surface area contributed by atoms with E-state index in [9.17, 15) is 0 Å². The van der Waals surface area contributed by atoms with Crippen LogP contribution in [0.15, 0.2) is 25.4 Å². The van der Waals surface area contributed by atoms with Crippen molar-refractivity contribution in [3.05, 3.63) is 36.7 Å². The summed E-state index contributed by atoms with van der Waals surface area (Å²) in [7, 11) is -1.50. The fraction of sp³-hybridized carbons (Fsp3) is 0. The molecule has 1 rings (SSSR count). The van der Waals surface area contributed by atoms with Gasteiger partial charge in [-0.15, -0.1) is 0 Å². The van der Waals surface area contributed by atoms with E-state index in [2.05, 4.69) is 18.1 Å². The standard InChI is InChI=1S/C9H10BNO2/c1-3-7-8(10(12)13)5-6-11-9(7)4-2/h3-6,12-13H,1-2H2. The molecule has 1 heterocycles. The molecule has 0 saturated heterocycles. The Balaban J connectivity index is 3.35. The van der Waals surface area contributed by atoms with Gasteiger partial charge in [-0.25, -0.2) is 0 Å². The second kappa shape index (κ2) is 4.02. The second-order valence-corrected chi connectivity index (χ2v) is 2.48. The maximum absolute atomic E-state index is 9.00. The van der Waals surface area contributed by atoms with Crippen LogP contribution in [0.2, 0.25) is 0 Å². The summed E-state index contributed by atoms with van der Waals surface area (Å²) in [6, 6.07) is 1.54. The number of hydrogen-bond acceptors (Lipinski definition) is 3. The smallest absolute Gasteiger partial charge is 0.423 e. The van der Waals surface area contributed by atoms with Gasteiger partial charge < -0.3 is 10.0 Å². The number of hydrogen-bond donors (Lipinski definition) is 2. The van der Waals surface area contributed by atoms with Crippen LogP contribution in [0.4, 0.5) is 0 Å². The van der Waals surface area contributed by atoms with Crippen molar-refractivity contribution < 1.29 is 10.0 Å². The summed E-state index contributed by atoms with van der Waals surface area (Å²) in [6.07, 6.45) is 4.57. The maximum Gasteiger partial charge on any atom is 0.489 e. The van der Waals surface area contributed by atoms with Crippen molar-refractivity contribution in [3.63, 3.8) is 0 Å². The molecule has 0 radical (unpaired) electrons. The molecule has 0 aliphatic heterocycles. The molecule has 1 aromatic rings. The Hall–Kier alpha value is -1.39. The third-order valence-electron chi connectivity index (χ3n) is 1.73. The zero-order chi connectivity index (χ0) is 9.84. The van der Waals surface area contributed by atoms with Gasteiger partial charge in [0.25, 0.3) is 0 Å². The molecule has 0 spiro atoms. The van der Waals surface area contributed by atoms with Gasteiger partial charge in [0.1, 0.15) is 0 Å². The lowest BCUT2D eigenvalue weighted by Gasteiger charge is -2.06. The number of rotatable bonds is 3. The summed E-state index contributed by atoms with van der Waals surface area (Å²) < 4.78 is 0. The van der Waals surface area contributed by atoms with Crippen LogP contribution >= 0.6 is 0 Å². The number of pyridine rings is 1. The molecule has 0 atom stereocenters. The van der Waals surface area contributed by atoms with Crippen molar-refractivity contribution >= 4 is 24.7 Å². The van der Waals surface area contributed by atoms with Crippen LogP contribution in [0.25, 0.3) is 12.2 Å². The van der Waals surface area contributed by atoms with Crippen molar-refractivity contribution in [2.24, 2.45) is 0 Å². The first-order valence-electron chi connectivity index (χ1n) is 3.80. The fourth-order valence-electron chi connectivity index (χ4n) is 1.12. The van der Waals surface area contributed by atoms with Crippen LogP contribution in [0.5, 0.6) is 0 Å². The molecule has 1 aromatic heterocycles. The van der Waals surface area contributed by atoms with Crippen LogP contribution in [-0.2, 0) is 0 Å². The van der Waals surface area contributed by atoms with Crippen LogP contribution in [-0.4, -0.2) is 22.2 Å². The molecule has 0 unspecified atom stereocenters. The van der Waals surface area contributed by atoms with Gasteiger partial charge in [-0.3, -0.25) is 4.98 Å². The lowest BCUT2D eigenvalue weighted by Crippen LogP contribution is -2.32. The van der Waals surface area contributed by atoms with E-state index in [1.807, 2.05) is 0 Å². The minimum absolute atomic E-state index is 0.389. The average molecular weight is 175 g/mol. The van der Waals surface area contributed by atoms with E-state index in [-0.39, 0.29) is 0 Å². The van der Waals surface area contributed by atoms with E-state index >= 15 is 0 Å². The molecular weight excluding hydrogens is 165 g/mol. The summed E-state index contributed by atoms with van der Waals surface area (Å²) in [4.78, 5) is 4.00. The fourth-order valence-corrected chi connectivity index (χ4v) is 1.12. The van der Waals surface area contributed by atoms with E-state index in [0.717, 1.165) is 0 Å². The summed E-state index contributed by atoms with van der Waals surface area (Å²) in [5.74, 6) is 0. The van der Waals surface area contributed by atoms with Gasteiger partial charge in [-0.1, -0.05) is 19.2 Å². The average Bonchev–Trinajstić information content (AvgIpc) is 2.16. The summed E-state index contributed by atoms with van der Waals surface area (Å²) in [5.41, 5.74) is 1.59. The molecule has 3 nitrogen and oxygen atoms in total. The molecule has 13 heavy (non-hydrogen) atoms. The Labute approximate surface area is 77.2 Å². The molecule has 0 amide bonds. The highest BCUT2D eigenvalue weighted by molar-refractivity contribution is 6.59. The van der Waals surface area contributed by atoms with E-state index in [0.29, 0.717) is 16.7 Å². The van der Waals surface area contributed by atoms with Crippen molar-refractivity contribution in [2.75, 3.05) is 0 Å². The molecule has 0 fully saturated rings. The van der Waals surface area contributed by atoms with E-state index < -0.39 is 7.12 Å². The second-order valence-electron chi connectivity index (χ2n) is 2.48. The Morgan fingerprint density at radius 2 is 2.00 bits per heavy atom. The zero-order valence-electron chi connectivity index (χ0n) is 7.14. The number of aromatic nitrogens is 1. The van der Waals surface area contributed by atoms with E-state index in [4.69, 9.17) is 10.0 Å². The Kier molecular flexibility index (Phi) is 3.00. The van der Waals surface area contributed by atoms with Crippen LogP contribution < -0.4 is 5.46 Å². The molecule has 0 aliphatic rings. The summed E-state index contributed by atoms with van der Waals surface area (Å²) in [5, 5.41) is 18.0. The first kappa shape index (κ1) is 9.70. The molecular formula is C9H10BNO2. The lowest BCUT2D eigenvalue weighted by molar-refractivity contribution is 0.425. The minimum Gasteiger partial charge on any atom is -0.423 e. The molecule has 0 saturated carbocycles. The summed E-state index contributed by atoms with van der Waals surface area (Å²) in [6.45, 7) is 7.14. The first-order chi connectivity index (χ1) is 6.20. The largest absolute Gasteiger partial charge is 0.489 e. The lowest BCUT2D eigenvalue weighted by atomic mass is 9.77. The van der Waals surface area contributed by atoms with Gasteiger partial charge in [-0.2, -0.15) is 0 Å². The van der Waals surface area contributed by atoms with E-state index in [1.165, 1.54) is 18.3 Å². The van der Waals surface area contributed by atoms with Crippen LogP contribution in [0.1, 0.15) is 11.3 Å².